The highest BCUT2D eigenvalue weighted by atomic mass is 19.4. The molecule has 0 aliphatic heterocycles. The van der Waals surface area contributed by atoms with Crippen LogP contribution >= 0.6 is 0 Å². The molecular weight excluding hydrogens is 315 g/mol. The Morgan fingerprint density at radius 1 is 1.22 bits per heavy atom. The minimum atomic E-state index is -4.75. The molecule has 23 heavy (non-hydrogen) atoms. The monoisotopic (exact) mass is 331 g/mol. The number of carbonyl (C=O) groups is 2. The minimum Gasteiger partial charge on any atom is -0.481 e. The average molecular weight is 331 g/mol. The lowest BCUT2D eigenvalue weighted by molar-refractivity contribution is -0.274. The van der Waals surface area contributed by atoms with E-state index < -0.39 is 18.2 Å². The van der Waals surface area contributed by atoms with E-state index in [-0.39, 0.29) is 24.1 Å². The van der Waals surface area contributed by atoms with Gasteiger partial charge in [0.2, 0.25) is 5.91 Å². The summed E-state index contributed by atoms with van der Waals surface area (Å²) in [6.45, 7) is 0. The fraction of sp³-hybridized carbons (Fsp3) is 0.467. The molecule has 0 radical (unpaired) electrons. The van der Waals surface area contributed by atoms with Gasteiger partial charge in [0.15, 0.2) is 0 Å². The number of benzene rings is 1. The van der Waals surface area contributed by atoms with E-state index in [2.05, 4.69) is 10.1 Å². The molecule has 2 N–H and O–H groups in total. The van der Waals surface area contributed by atoms with Gasteiger partial charge in [0.05, 0.1) is 12.3 Å². The number of aliphatic carboxylic acids is 1. The second kappa shape index (κ2) is 6.89. The molecule has 1 aliphatic rings. The van der Waals surface area contributed by atoms with Gasteiger partial charge in [-0.2, -0.15) is 0 Å². The van der Waals surface area contributed by atoms with Crippen LogP contribution in [0.2, 0.25) is 0 Å². The highest BCUT2D eigenvalue weighted by Gasteiger charge is 2.31. The smallest absolute Gasteiger partial charge is 0.481 e. The third kappa shape index (κ3) is 5.46. The van der Waals surface area contributed by atoms with Crippen molar-refractivity contribution in [3.63, 3.8) is 0 Å². The van der Waals surface area contributed by atoms with Crippen molar-refractivity contribution in [3.05, 3.63) is 29.8 Å². The van der Waals surface area contributed by atoms with Gasteiger partial charge in [0.25, 0.3) is 0 Å². The lowest BCUT2D eigenvalue weighted by Gasteiger charge is -2.13. The van der Waals surface area contributed by atoms with Gasteiger partial charge in [0.1, 0.15) is 5.75 Å². The molecule has 0 saturated heterocycles. The van der Waals surface area contributed by atoms with Crippen LogP contribution in [0.3, 0.4) is 0 Å². The summed E-state index contributed by atoms with van der Waals surface area (Å²) in [6.07, 6.45) is -3.19. The fourth-order valence-corrected chi connectivity index (χ4v) is 2.61. The summed E-state index contributed by atoms with van der Waals surface area (Å²) in [5.41, 5.74) is 0.546. The maximum absolute atomic E-state index is 12.0. The zero-order valence-electron chi connectivity index (χ0n) is 12.1. The van der Waals surface area contributed by atoms with E-state index in [4.69, 9.17) is 5.11 Å². The molecular formula is C15H16F3NO4. The van der Waals surface area contributed by atoms with E-state index in [1.807, 2.05) is 0 Å². The number of carboxylic acids is 1. The zero-order chi connectivity index (χ0) is 17.0. The molecule has 0 bridgehead atoms. The van der Waals surface area contributed by atoms with Crippen LogP contribution in [0.25, 0.3) is 0 Å². The maximum Gasteiger partial charge on any atom is 0.573 e. The van der Waals surface area contributed by atoms with Gasteiger partial charge < -0.3 is 15.2 Å². The van der Waals surface area contributed by atoms with Crippen molar-refractivity contribution in [2.24, 2.45) is 5.92 Å². The second-order valence-corrected chi connectivity index (χ2v) is 5.48. The molecule has 0 heterocycles. The number of rotatable bonds is 5. The van der Waals surface area contributed by atoms with Gasteiger partial charge in [-0.3, -0.25) is 9.59 Å². The van der Waals surface area contributed by atoms with Crippen LogP contribution in [-0.4, -0.2) is 29.4 Å². The lowest BCUT2D eigenvalue weighted by atomic mass is 10.1. The van der Waals surface area contributed by atoms with Crippen LogP contribution < -0.4 is 10.1 Å². The van der Waals surface area contributed by atoms with Crippen LogP contribution in [0, 0.1) is 5.92 Å². The molecule has 1 aromatic carbocycles. The van der Waals surface area contributed by atoms with Gasteiger partial charge in [-0.15, -0.1) is 13.2 Å². The minimum absolute atomic E-state index is 0.0144. The summed E-state index contributed by atoms with van der Waals surface area (Å²) < 4.78 is 39.9. The first kappa shape index (κ1) is 17.1. The number of carbonyl (C=O) groups excluding carboxylic acids is 1. The summed E-state index contributed by atoms with van der Waals surface area (Å²) in [6, 6.07) is 4.89. The number of hydrogen-bond donors (Lipinski definition) is 2. The van der Waals surface area contributed by atoms with Gasteiger partial charge in [-0.1, -0.05) is 12.1 Å². The SMILES string of the molecule is O=C(Cc1ccc(OC(F)(F)F)cc1)N[C@@H]1CC[C@H](C(=O)O)C1. The van der Waals surface area contributed by atoms with Crippen LogP contribution in [0.1, 0.15) is 24.8 Å². The van der Waals surface area contributed by atoms with Crippen molar-refractivity contribution >= 4 is 11.9 Å². The van der Waals surface area contributed by atoms with E-state index >= 15 is 0 Å². The van der Waals surface area contributed by atoms with Crippen molar-refractivity contribution in [3.8, 4) is 5.75 Å². The van der Waals surface area contributed by atoms with Crippen molar-refractivity contribution in [1.29, 1.82) is 0 Å². The molecule has 1 aliphatic carbocycles. The van der Waals surface area contributed by atoms with E-state index in [0.29, 0.717) is 24.8 Å². The van der Waals surface area contributed by atoms with Gasteiger partial charge in [0, 0.05) is 6.04 Å². The molecule has 0 spiro atoms. The molecule has 5 nitrogen and oxygen atoms in total. The number of amides is 1. The predicted octanol–water partition coefficient (Wildman–Crippen LogP) is 2.50. The summed E-state index contributed by atoms with van der Waals surface area (Å²) in [5.74, 6) is -1.92. The molecule has 1 aromatic rings. The third-order valence-electron chi connectivity index (χ3n) is 3.67. The number of alkyl halides is 3. The van der Waals surface area contributed by atoms with Gasteiger partial charge >= 0.3 is 12.3 Å². The topological polar surface area (TPSA) is 75.6 Å². The number of nitrogens with one attached hydrogen (secondary N) is 1. The first-order valence-electron chi connectivity index (χ1n) is 7.10. The largest absolute Gasteiger partial charge is 0.573 e. The molecule has 2 rings (SSSR count). The Morgan fingerprint density at radius 3 is 2.39 bits per heavy atom. The first-order chi connectivity index (χ1) is 10.7. The van der Waals surface area contributed by atoms with E-state index in [0.717, 1.165) is 12.1 Å². The number of carboxylic acid groups (broad SMARTS) is 1. The summed E-state index contributed by atoms with van der Waals surface area (Å²) in [5, 5.41) is 11.7. The zero-order valence-corrected chi connectivity index (χ0v) is 12.1. The summed E-state index contributed by atoms with van der Waals surface area (Å²) in [4.78, 5) is 22.7. The maximum atomic E-state index is 12.0. The predicted molar refractivity (Wildman–Crippen MR) is 73.7 cm³/mol. The molecule has 0 unspecified atom stereocenters. The van der Waals surface area contributed by atoms with Crippen LogP contribution in [0.15, 0.2) is 24.3 Å². The summed E-state index contributed by atoms with van der Waals surface area (Å²) >= 11 is 0. The van der Waals surface area contributed by atoms with Crippen LogP contribution in [0.4, 0.5) is 13.2 Å². The quantitative estimate of drug-likeness (QED) is 0.869. The van der Waals surface area contributed by atoms with Crippen LogP contribution in [0.5, 0.6) is 5.75 Å². The second-order valence-electron chi connectivity index (χ2n) is 5.48. The van der Waals surface area contributed by atoms with Crippen molar-refractivity contribution < 1.29 is 32.6 Å². The lowest BCUT2D eigenvalue weighted by Crippen LogP contribution is -2.34. The van der Waals surface area contributed by atoms with Crippen molar-refractivity contribution in [1.82, 2.24) is 5.32 Å². The molecule has 0 aromatic heterocycles. The van der Waals surface area contributed by atoms with Gasteiger partial charge in [-0.25, -0.2) is 0 Å². The Bertz CT molecular complexity index is 571. The number of ether oxygens (including phenoxy) is 1. The van der Waals surface area contributed by atoms with E-state index in [1.54, 1.807) is 0 Å². The summed E-state index contributed by atoms with van der Waals surface area (Å²) in [7, 11) is 0. The Kier molecular flexibility index (Phi) is 5.12. The van der Waals surface area contributed by atoms with Crippen LogP contribution in [-0.2, 0) is 16.0 Å². The fourth-order valence-electron chi connectivity index (χ4n) is 2.61. The van der Waals surface area contributed by atoms with Gasteiger partial charge in [-0.05, 0) is 37.0 Å². The molecule has 1 saturated carbocycles. The first-order valence-corrected chi connectivity index (χ1v) is 7.10. The number of hydrogen-bond acceptors (Lipinski definition) is 3. The van der Waals surface area contributed by atoms with E-state index in [9.17, 15) is 22.8 Å². The van der Waals surface area contributed by atoms with Crippen molar-refractivity contribution in [2.45, 2.75) is 38.1 Å². The highest BCUT2D eigenvalue weighted by Crippen LogP contribution is 2.26. The Morgan fingerprint density at radius 2 is 1.87 bits per heavy atom. The highest BCUT2D eigenvalue weighted by molar-refractivity contribution is 5.79. The standard InChI is InChI=1S/C15H16F3NO4/c16-15(17,18)23-12-5-1-9(2-6-12)7-13(20)19-11-4-3-10(8-11)14(21)22/h1-2,5-6,10-11H,3-4,7-8H2,(H,19,20)(H,21,22)/t10-,11+/m0/s1. The molecule has 1 fully saturated rings. The van der Waals surface area contributed by atoms with Crippen molar-refractivity contribution in [2.75, 3.05) is 0 Å². The molecule has 8 heteroatoms. The normalized spacial score (nSPS) is 21.0. The third-order valence-corrected chi connectivity index (χ3v) is 3.67. The Labute approximate surface area is 130 Å². The molecule has 126 valence electrons. The number of halogens is 3. The molecule has 2 atom stereocenters. The van der Waals surface area contributed by atoms with E-state index in [1.165, 1.54) is 12.1 Å². The average Bonchev–Trinajstić information content (AvgIpc) is 2.88. The Hall–Kier alpha value is -2.25. The Balaban J connectivity index is 1.83. The molecule has 1 amide bonds.